The number of piperidine rings is 1. The molecule has 1 heterocycles. The van der Waals surface area contributed by atoms with E-state index in [9.17, 15) is 26.4 Å². The normalized spacial score (nSPS) is 15.2. The van der Waals surface area contributed by atoms with E-state index in [1.807, 2.05) is 13.0 Å². The van der Waals surface area contributed by atoms with E-state index in [0.717, 1.165) is 5.56 Å². The molecule has 3 aromatic rings. The van der Waals surface area contributed by atoms with Crippen molar-refractivity contribution < 1.29 is 35.9 Å². The van der Waals surface area contributed by atoms with Gasteiger partial charge in [0.2, 0.25) is 10.0 Å². The van der Waals surface area contributed by atoms with Gasteiger partial charge in [-0.1, -0.05) is 30.3 Å². The van der Waals surface area contributed by atoms with Gasteiger partial charge in [0.1, 0.15) is 17.6 Å². The number of rotatable bonds is 8. The van der Waals surface area contributed by atoms with Crippen molar-refractivity contribution in [1.29, 1.82) is 0 Å². The number of nitrogens with zero attached hydrogens (tertiary/aromatic N) is 1. The highest BCUT2D eigenvalue weighted by Gasteiger charge is 2.32. The molecule has 0 aliphatic carbocycles. The third kappa shape index (κ3) is 7.14. The number of amides is 1. The van der Waals surface area contributed by atoms with Gasteiger partial charge >= 0.3 is 6.36 Å². The number of carbonyl (C=O) groups excluding carboxylic acids is 1. The Labute approximate surface area is 232 Å². The second-order valence-electron chi connectivity index (χ2n) is 9.86. The van der Waals surface area contributed by atoms with Gasteiger partial charge in [-0.25, -0.2) is 12.7 Å². The molecule has 1 aliphatic rings. The summed E-state index contributed by atoms with van der Waals surface area (Å²) in [5.41, 5.74) is 2.80. The Morgan fingerprint density at radius 2 is 1.62 bits per heavy atom. The van der Waals surface area contributed by atoms with E-state index in [1.165, 1.54) is 28.6 Å². The van der Waals surface area contributed by atoms with Crippen molar-refractivity contribution in [3.05, 3.63) is 77.9 Å². The molecule has 1 amide bonds. The monoisotopic (exact) mass is 576 g/mol. The standard InChI is InChI=1S/C29H31F3N2O5S/c1-19(2)40(36,37)34-16-14-23(15-17-34)38-25-8-5-7-22(18-25)33-28(35)26-9-4-6-20(3)27(26)21-10-12-24(13-11-21)39-29(30,31)32/h4-13,18-19,23H,14-17H2,1-3H3,(H,33,35). The number of hydrogen-bond acceptors (Lipinski definition) is 5. The molecule has 3 aromatic carbocycles. The van der Waals surface area contributed by atoms with Gasteiger partial charge in [0.05, 0.1) is 5.25 Å². The number of alkyl halides is 3. The molecular weight excluding hydrogens is 545 g/mol. The first-order chi connectivity index (χ1) is 18.8. The third-order valence-corrected chi connectivity index (χ3v) is 8.92. The summed E-state index contributed by atoms with van der Waals surface area (Å²) in [6.45, 7) is 5.93. The maximum atomic E-state index is 13.3. The van der Waals surface area contributed by atoms with Crippen molar-refractivity contribution in [2.75, 3.05) is 18.4 Å². The smallest absolute Gasteiger partial charge is 0.490 e. The minimum atomic E-state index is -4.79. The molecule has 214 valence electrons. The van der Waals surface area contributed by atoms with Crippen LogP contribution in [-0.2, 0) is 10.0 Å². The Morgan fingerprint density at radius 1 is 0.975 bits per heavy atom. The molecule has 11 heteroatoms. The Hall–Kier alpha value is -3.57. The van der Waals surface area contributed by atoms with Gasteiger partial charge in [-0.2, -0.15) is 0 Å². The first-order valence-corrected chi connectivity index (χ1v) is 14.4. The van der Waals surface area contributed by atoms with Gasteiger partial charge in [-0.3, -0.25) is 4.79 Å². The molecule has 0 radical (unpaired) electrons. The van der Waals surface area contributed by atoms with Crippen LogP contribution < -0.4 is 14.8 Å². The highest BCUT2D eigenvalue weighted by Crippen LogP contribution is 2.32. The molecule has 1 fully saturated rings. The van der Waals surface area contributed by atoms with E-state index in [1.54, 1.807) is 50.2 Å². The summed E-state index contributed by atoms with van der Waals surface area (Å²) in [4.78, 5) is 13.3. The molecule has 0 saturated carbocycles. The molecular formula is C29H31F3N2O5S. The molecule has 1 aliphatic heterocycles. The zero-order valence-corrected chi connectivity index (χ0v) is 23.2. The first kappa shape index (κ1) is 29.4. The molecule has 0 bridgehead atoms. The van der Waals surface area contributed by atoms with Crippen molar-refractivity contribution in [2.24, 2.45) is 0 Å². The van der Waals surface area contributed by atoms with Crippen molar-refractivity contribution >= 4 is 21.6 Å². The van der Waals surface area contributed by atoms with Gasteiger partial charge < -0.3 is 14.8 Å². The maximum absolute atomic E-state index is 13.3. The van der Waals surface area contributed by atoms with E-state index in [-0.39, 0.29) is 11.9 Å². The van der Waals surface area contributed by atoms with E-state index >= 15 is 0 Å². The van der Waals surface area contributed by atoms with E-state index in [2.05, 4.69) is 10.1 Å². The van der Waals surface area contributed by atoms with Crippen LogP contribution in [-0.4, -0.2) is 49.4 Å². The number of ether oxygens (including phenoxy) is 2. The summed E-state index contributed by atoms with van der Waals surface area (Å²) in [5.74, 6) is -0.189. The number of sulfonamides is 1. The summed E-state index contributed by atoms with van der Waals surface area (Å²) in [7, 11) is -3.30. The quantitative estimate of drug-likeness (QED) is 0.336. The summed E-state index contributed by atoms with van der Waals surface area (Å²) in [5, 5.41) is 2.40. The molecule has 0 unspecified atom stereocenters. The van der Waals surface area contributed by atoms with Crippen LogP contribution in [0, 0.1) is 6.92 Å². The van der Waals surface area contributed by atoms with Crippen LogP contribution in [0.2, 0.25) is 0 Å². The van der Waals surface area contributed by atoms with Crippen LogP contribution in [0.4, 0.5) is 18.9 Å². The van der Waals surface area contributed by atoms with Crippen LogP contribution >= 0.6 is 0 Å². The Bertz CT molecular complexity index is 1450. The molecule has 1 saturated heterocycles. The lowest BCUT2D eigenvalue weighted by Crippen LogP contribution is -2.44. The Kier molecular flexibility index (Phi) is 8.74. The average Bonchev–Trinajstić information content (AvgIpc) is 2.89. The average molecular weight is 577 g/mol. The number of nitrogens with one attached hydrogen (secondary N) is 1. The van der Waals surface area contributed by atoms with Crippen LogP contribution in [0.15, 0.2) is 66.7 Å². The van der Waals surface area contributed by atoms with Gasteiger partial charge in [0, 0.05) is 30.4 Å². The van der Waals surface area contributed by atoms with Crippen LogP contribution in [0.1, 0.15) is 42.6 Å². The van der Waals surface area contributed by atoms with Crippen molar-refractivity contribution in [3.8, 4) is 22.6 Å². The number of anilines is 1. The minimum Gasteiger partial charge on any atom is -0.490 e. The van der Waals surface area contributed by atoms with E-state index in [4.69, 9.17) is 4.74 Å². The maximum Gasteiger partial charge on any atom is 0.573 e. The number of hydrogen-bond donors (Lipinski definition) is 1. The summed E-state index contributed by atoms with van der Waals surface area (Å²) in [6.07, 6.45) is -3.83. The summed E-state index contributed by atoms with van der Waals surface area (Å²) in [6, 6.07) is 17.5. The number of carbonyl (C=O) groups is 1. The summed E-state index contributed by atoms with van der Waals surface area (Å²) >= 11 is 0. The molecule has 0 spiro atoms. The van der Waals surface area contributed by atoms with Crippen LogP contribution in [0.25, 0.3) is 11.1 Å². The van der Waals surface area contributed by atoms with Crippen molar-refractivity contribution in [2.45, 2.75) is 51.3 Å². The number of benzene rings is 3. The molecule has 40 heavy (non-hydrogen) atoms. The van der Waals surface area contributed by atoms with Gasteiger partial charge in [0.15, 0.2) is 0 Å². The SMILES string of the molecule is Cc1cccc(C(=O)Nc2cccc(OC3CCN(S(=O)(=O)C(C)C)CC3)c2)c1-c1ccc(OC(F)(F)F)cc1. The lowest BCUT2D eigenvalue weighted by Gasteiger charge is -2.32. The molecule has 0 aromatic heterocycles. The van der Waals surface area contributed by atoms with E-state index in [0.29, 0.717) is 54.1 Å². The third-order valence-electron chi connectivity index (χ3n) is 6.65. The molecule has 7 nitrogen and oxygen atoms in total. The van der Waals surface area contributed by atoms with Crippen LogP contribution in [0.5, 0.6) is 11.5 Å². The number of aryl methyl sites for hydroxylation is 1. The number of halogens is 3. The fourth-order valence-corrected chi connectivity index (χ4v) is 5.92. The zero-order chi connectivity index (χ0) is 29.1. The Balaban J connectivity index is 1.45. The van der Waals surface area contributed by atoms with Gasteiger partial charge in [-0.15, -0.1) is 13.2 Å². The van der Waals surface area contributed by atoms with Crippen molar-refractivity contribution in [3.63, 3.8) is 0 Å². The fraction of sp³-hybridized carbons (Fsp3) is 0.345. The minimum absolute atomic E-state index is 0.155. The lowest BCUT2D eigenvalue weighted by atomic mass is 9.94. The van der Waals surface area contributed by atoms with Crippen molar-refractivity contribution in [1.82, 2.24) is 4.31 Å². The second-order valence-corrected chi connectivity index (χ2v) is 12.4. The predicted octanol–water partition coefficient (Wildman–Crippen LogP) is 6.39. The highest BCUT2D eigenvalue weighted by atomic mass is 32.2. The first-order valence-electron chi connectivity index (χ1n) is 12.9. The topological polar surface area (TPSA) is 84.9 Å². The molecule has 4 rings (SSSR count). The second kappa shape index (κ2) is 11.9. The zero-order valence-electron chi connectivity index (χ0n) is 22.4. The van der Waals surface area contributed by atoms with E-state index < -0.39 is 27.5 Å². The molecule has 0 atom stereocenters. The fourth-order valence-electron chi connectivity index (χ4n) is 4.60. The predicted molar refractivity (Wildman–Crippen MR) is 147 cm³/mol. The Morgan fingerprint density at radius 3 is 2.25 bits per heavy atom. The highest BCUT2D eigenvalue weighted by molar-refractivity contribution is 7.89. The lowest BCUT2D eigenvalue weighted by molar-refractivity contribution is -0.274. The van der Waals surface area contributed by atoms with Gasteiger partial charge in [0.25, 0.3) is 5.91 Å². The van der Waals surface area contributed by atoms with Crippen LogP contribution in [0.3, 0.4) is 0 Å². The largest absolute Gasteiger partial charge is 0.573 e. The summed E-state index contributed by atoms with van der Waals surface area (Å²) < 4.78 is 74.0. The van der Waals surface area contributed by atoms with Gasteiger partial charge in [-0.05, 0) is 80.6 Å². The molecule has 1 N–H and O–H groups in total.